The van der Waals surface area contributed by atoms with Crippen molar-refractivity contribution in [2.24, 2.45) is 0 Å². The normalized spacial score (nSPS) is 15.7. The molecule has 4 nitrogen and oxygen atoms in total. The summed E-state index contributed by atoms with van der Waals surface area (Å²) in [5, 5.41) is 0. The monoisotopic (exact) mass is 576 g/mol. The molecule has 2 heterocycles. The van der Waals surface area contributed by atoms with Crippen molar-refractivity contribution >= 4 is 0 Å². The molecule has 2 aromatic heterocycles. The maximum Gasteiger partial charge on any atom is 0.164 e. The largest absolute Gasteiger partial charge is 0.264 e. The number of hydrogen-bond acceptors (Lipinski definition) is 4. The van der Waals surface area contributed by atoms with Crippen LogP contribution in [0.2, 0.25) is 0 Å². The first-order valence-corrected chi connectivity index (χ1v) is 15.4. The summed E-state index contributed by atoms with van der Waals surface area (Å²) in [5.41, 5.74) is 14.7. The molecule has 2 bridgehead atoms. The van der Waals surface area contributed by atoms with Crippen LogP contribution in [0.4, 0.5) is 0 Å². The van der Waals surface area contributed by atoms with Gasteiger partial charge in [-0.05, 0) is 69.6 Å². The van der Waals surface area contributed by atoms with Gasteiger partial charge in [0, 0.05) is 46.5 Å². The summed E-state index contributed by atoms with van der Waals surface area (Å²) in [5.74, 6) is 2.34. The molecule has 0 amide bonds. The van der Waals surface area contributed by atoms with Gasteiger partial charge in [0.05, 0.1) is 0 Å². The third-order valence-corrected chi connectivity index (χ3v) is 9.20. The van der Waals surface area contributed by atoms with Crippen LogP contribution < -0.4 is 0 Å². The second kappa shape index (κ2) is 10.2. The summed E-state index contributed by atoms with van der Waals surface area (Å²) in [6.07, 6.45) is 3.87. The van der Waals surface area contributed by atoms with Crippen LogP contribution in [-0.2, 0) is 0 Å². The fourth-order valence-electron chi connectivity index (χ4n) is 7.19. The number of rotatable bonds is 4. The predicted octanol–water partition coefficient (Wildman–Crippen LogP) is 9.23. The Morgan fingerprint density at radius 2 is 0.844 bits per heavy atom. The Bertz CT molecular complexity index is 2180. The SMILES string of the molecule is Cc1cncc(-c2ccc3c(c2)C2c4ccccc4C3c3cc(-c4nc(-c5ccccc5)nc(-c5ccccc5)n4)ccc32)c1. The molecule has 0 saturated heterocycles. The van der Waals surface area contributed by atoms with E-state index in [2.05, 4.69) is 103 Å². The molecule has 0 radical (unpaired) electrons. The number of aryl methyl sites for hydroxylation is 1. The zero-order chi connectivity index (χ0) is 29.9. The van der Waals surface area contributed by atoms with Crippen molar-refractivity contribution in [1.82, 2.24) is 19.9 Å². The Morgan fingerprint density at radius 1 is 0.378 bits per heavy atom. The molecule has 45 heavy (non-hydrogen) atoms. The van der Waals surface area contributed by atoms with Crippen LogP contribution >= 0.6 is 0 Å². The third-order valence-electron chi connectivity index (χ3n) is 9.20. The van der Waals surface area contributed by atoms with Crippen molar-refractivity contribution in [2.75, 3.05) is 0 Å². The second-order valence-corrected chi connectivity index (χ2v) is 12.0. The summed E-state index contributed by atoms with van der Waals surface area (Å²) >= 11 is 0. The van der Waals surface area contributed by atoms with E-state index < -0.39 is 0 Å². The quantitative estimate of drug-likeness (QED) is 0.210. The highest BCUT2D eigenvalue weighted by molar-refractivity contribution is 5.75. The van der Waals surface area contributed by atoms with Gasteiger partial charge >= 0.3 is 0 Å². The van der Waals surface area contributed by atoms with Crippen molar-refractivity contribution in [3.05, 3.63) is 179 Å². The molecule has 0 fully saturated rings. The molecule has 212 valence electrons. The fraction of sp³-hybridized carbons (Fsp3) is 0.0732. The second-order valence-electron chi connectivity index (χ2n) is 12.0. The van der Waals surface area contributed by atoms with E-state index in [-0.39, 0.29) is 11.8 Å². The predicted molar refractivity (Wildman–Crippen MR) is 179 cm³/mol. The van der Waals surface area contributed by atoms with Crippen LogP contribution in [0.5, 0.6) is 0 Å². The topological polar surface area (TPSA) is 51.6 Å². The first kappa shape index (κ1) is 25.7. The lowest BCUT2D eigenvalue weighted by Gasteiger charge is -2.42. The van der Waals surface area contributed by atoms with E-state index in [1.165, 1.54) is 44.5 Å². The van der Waals surface area contributed by atoms with Gasteiger partial charge < -0.3 is 0 Å². The zero-order valence-corrected chi connectivity index (χ0v) is 24.7. The molecule has 2 atom stereocenters. The van der Waals surface area contributed by atoms with Gasteiger partial charge in [-0.15, -0.1) is 0 Å². The van der Waals surface area contributed by atoms with Gasteiger partial charge in [0.15, 0.2) is 17.5 Å². The Kier molecular flexibility index (Phi) is 5.82. The number of pyridine rings is 1. The average molecular weight is 577 g/mol. The smallest absolute Gasteiger partial charge is 0.164 e. The summed E-state index contributed by atoms with van der Waals surface area (Å²) in [4.78, 5) is 19.4. The highest BCUT2D eigenvalue weighted by Gasteiger charge is 2.41. The molecule has 3 aliphatic carbocycles. The van der Waals surface area contributed by atoms with E-state index in [4.69, 9.17) is 15.0 Å². The maximum atomic E-state index is 5.02. The van der Waals surface area contributed by atoms with Gasteiger partial charge in [-0.2, -0.15) is 0 Å². The van der Waals surface area contributed by atoms with E-state index >= 15 is 0 Å². The molecule has 10 rings (SSSR count). The molecule has 7 aromatic rings. The van der Waals surface area contributed by atoms with Crippen molar-refractivity contribution in [3.8, 4) is 45.3 Å². The maximum absolute atomic E-state index is 5.02. The van der Waals surface area contributed by atoms with Gasteiger partial charge in [-0.25, -0.2) is 15.0 Å². The molecule has 0 N–H and O–H groups in total. The summed E-state index contributed by atoms with van der Waals surface area (Å²) in [6.45, 7) is 2.10. The molecular weight excluding hydrogens is 548 g/mol. The van der Waals surface area contributed by atoms with Crippen LogP contribution in [-0.4, -0.2) is 19.9 Å². The standard InChI is InChI=1S/C41H28N4/c1-25-20-30(24-42-23-25)28-16-18-33-35(21-28)37-31-14-8-9-15-32(31)38(33)36-22-29(17-19-34(36)37)41-44-39(26-10-4-2-5-11-26)43-40(45-41)27-12-6-3-7-13-27/h2-24,37-38H,1H3. The first-order chi connectivity index (χ1) is 22.2. The van der Waals surface area contributed by atoms with Crippen molar-refractivity contribution in [3.63, 3.8) is 0 Å². The molecule has 3 aliphatic rings. The molecular formula is C41H28N4. The minimum absolute atomic E-state index is 0.143. The molecule has 4 heteroatoms. The van der Waals surface area contributed by atoms with Crippen LogP contribution in [0.25, 0.3) is 45.3 Å². The van der Waals surface area contributed by atoms with E-state index in [9.17, 15) is 0 Å². The first-order valence-electron chi connectivity index (χ1n) is 15.4. The lowest BCUT2D eigenvalue weighted by atomic mass is 9.60. The molecule has 0 spiro atoms. The van der Waals surface area contributed by atoms with Gasteiger partial charge in [0.2, 0.25) is 0 Å². The van der Waals surface area contributed by atoms with Crippen LogP contribution in [0, 0.1) is 6.92 Å². The van der Waals surface area contributed by atoms with E-state index in [0.717, 1.165) is 22.3 Å². The van der Waals surface area contributed by atoms with Gasteiger partial charge in [-0.1, -0.05) is 109 Å². The summed E-state index contributed by atoms with van der Waals surface area (Å²) < 4.78 is 0. The van der Waals surface area contributed by atoms with Gasteiger partial charge in [-0.3, -0.25) is 4.98 Å². The van der Waals surface area contributed by atoms with Crippen LogP contribution in [0.1, 0.15) is 50.8 Å². The fourth-order valence-corrected chi connectivity index (χ4v) is 7.19. The van der Waals surface area contributed by atoms with E-state index in [1.807, 2.05) is 48.8 Å². The number of aromatic nitrogens is 4. The molecule has 2 unspecified atom stereocenters. The van der Waals surface area contributed by atoms with E-state index in [1.54, 1.807) is 0 Å². The average Bonchev–Trinajstić information content (AvgIpc) is 3.11. The summed E-state index contributed by atoms with van der Waals surface area (Å²) in [7, 11) is 0. The molecule has 0 saturated carbocycles. The van der Waals surface area contributed by atoms with Crippen LogP contribution in [0.3, 0.4) is 0 Å². The molecule has 5 aromatic carbocycles. The Hall–Kier alpha value is -5.74. The minimum atomic E-state index is 0.143. The zero-order valence-electron chi connectivity index (χ0n) is 24.7. The van der Waals surface area contributed by atoms with Gasteiger partial charge in [0.25, 0.3) is 0 Å². The number of hydrogen-bond donors (Lipinski definition) is 0. The lowest BCUT2D eigenvalue weighted by Crippen LogP contribution is -2.27. The number of benzene rings is 5. The van der Waals surface area contributed by atoms with Crippen LogP contribution in [0.15, 0.2) is 140 Å². The highest BCUT2D eigenvalue weighted by atomic mass is 15.0. The van der Waals surface area contributed by atoms with Crippen molar-refractivity contribution < 1.29 is 0 Å². The third kappa shape index (κ3) is 4.21. The highest BCUT2D eigenvalue weighted by Crippen LogP contribution is 2.56. The van der Waals surface area contributed by atoms with E-state index in [0.29, 0.717) is 17.5 Å². The Labute approximate surface area is 262 Å². The molecule has 0 aliphatic heterocycles. The van der Waals surface area contributed by atoms with Crippen molar-refractivity contribution in [2.45, 2.75) is 18.8 Å². The Balaban J connectivity index is 1.21. The number of nitrogens with zero attached hydrogens (tertiary/aromatic N) is 4. The lowest BCUT2D eigenvalue weighted by molar-refractivity contribution is 0.755. The van der Waals surface area contributed by atoms with Gasteiger partial charge in [0.1, 0.15) is 0 Å². The van der Waals surface area contributed by atoms with Crippen molar-refractivity contribution in [1.29, 1.82) is 0 Å². The summed E-state index contributed by atoms with van der Waals surface area (Å²) in [6, 6.07) is 45.3. The minimum Gasteiger partial charge on any atom is -0.264 e. The Morgan fingerprint density at radius 3 is 1.40 bits per heavy atom.